The predicted molar refractivity (Wildman–Crippen MR) is 110 cm³/mol. The number of benzene rings is 1. The number of aromatic nitrogens is 1. The van der Waals surface area contributed by atoms with Crippen LogP contribution in [0.15, 0.2) is 47.5 Å². The molecule has 1 saturated carbocycles. The van der Waals surface area contributed by atoms with Gasteiger partial charge in [0.15, 0.2) is 0 Å². The van der Waals surface area contributed by atoms with Crippen LogP contribution < -0.4 is 5.32 Å². The zero-order valence-electron chi connectivity index (χ0n) is 16.4. The second-order valence-corrected chi connectivity index (χ2v) is 9.48. The Morgan fingerprint density at radius 3 is 2.39 bits per heavy atom. The summed E-state index contributed by atoms with van der Waals surface area (Å²) in [7, 11) is -2.32. The fourth-order valence-electron chi connectivity index (χ4n) is 3.54. The monoisotopic (exact) mass is 401 g/mol. The van der Waals surface area contributed by atoms with Crippen molar-refractivity contribution >= 4 is 21.7 Å². The Kier molecular flexibility index (Phi) is 6.46. The van der Waals surface area contributed by atoms with Gasteiger partial charge in [-0.3, -0.25) is 4.79 Å². The third-order valence-electron chi connectivity index (χ3n) is 5.21. The number of likely N-dealkylation sites (N-methyl/N-ethyl adjacent to an activating group) is 1. The highest BCUT2D eigenvalue weighted by molar-refractivity contribution is 7.89. The van der Waals surface area contributed by atoms with Gasteiger partial charge >= 0.3 is 0 Å². The molecule has 0 unspecified atom stereocenters. The average molecular weight is 402 g/mol. The minimum atomic E-state index is -3.73. The molecular formula is C21H27N3O3S. The molecule has 6 nitrogen and oxygen atoms in total. The third kappa shape index (κ3) is 4.97. The number of pyridine rings is 1. The summed E-state index contributed by atoms with van der Waals surface area (Å²) in [6.07, 6.45) is 7.73. The lowest BCUT2D eigenvalue weighted by atomic mass is 9.84. The number of hydrogen-bond acceptors (Lipinski definition) is 4. The molecule has 0 spiro atoms. The number of aryl methyl sites for hydroxylation is 1. The summed E-state index contributed by atoms with van der Waals surface area (Å²) in [5.74, 6) is 0.496. The first-order valence-electron chi connectivity index (χ1n) is 9.65. The molecule has 28 heavy (non-hydrogen) atoms. The summed E-state index contributed by atoms with van der Waals surface area (Å²) in [6.45, 7) is 1.63. The van der Waals surface area contributed by atoms with Crippen molar-refractivity contribution in [1.29, 1.82) is 0 Å². The van der Waals surface area contributed by atoms with Crippen LogP contribution in [-0.4, -0.2) is 37.2 Å². The zero-order valence-corrected chi connectivity index (χ0v) is 17.2. The molecule has 0 radical (unpaired) electrons. The Labute approximate surface area is 167 Å². The van der Waals surface area contributed by atoms with Crippen molar-refractivity contribution < 1.29 is 13.2 Å². The number of amides is 1. The molecule has 1 aliphatic carbocycles. The van der Waals surface area contributed by atoms with Gasteiger partial charge in [0.1, 0.15) is 5.82 Å². The lowest BCUT2D eigenvalue weighted by molar-refractivity contribution is -0.116. The Hall–Kier alpha value is -2.25. The minimum absolute atomic E-state index is 0.204. The maximum atomic E-state index is 12.8. The highest BCUT2D eigenvalue weighted by atomic mass is 32.2. The van der Waals surface area contributed by atoms with Crippen LogP contribution in [0.25, 0.3) is 0 Å². The predicted octanol–water partition coefficient (Wildman–Crippen LogP) is 3.70. The zero-order chi connectivity index (χ0) is 20.1. The smallest absolute Gasteiger partial charge is 0.243 e. The quantitative estimate of drug-likeness (QED) is 0.800. The summed E-state index contributed by atoms with van der Waals surface area (Å²) < 4.78 is 26.6. The van der Waals surface area contributed by atoms with Gasteiger partial charge in [0, 0.05) is 13.2 Å². The van der Waals surface area contributed by atoms with Crippen molar-refractivity contribution in [3.63, 3.8) is 0 Å². The summed E-state index contributed by atoms with van der Waals surface area (Å²) in [5.41, 5.74) is 2.18. The van der Waals surface area contributed by atoms with Crippen LogP contribution >= 0.6 is 0 Å². The van der Waals surface area contributed by atoms with Gasteiger partial charge in [-0.1, -0.05) is 37.5 Å². The molecule has 1 aliphatic rings. The molecule has 0 bridgehead atoms. The molecule has 1 aromatic carbocycles. The molecule has 1 fully saturated rings. The van der Waals surface area contributed by atoms with E-state index >= 15 is 0 Å². The second-order valence-electron chi connectivity index (χ2n) is 7.43. The van der Waals surface area contributed by atoms with Gasteiger partial charge in [0.25, 0.3) is 0 Å². The van der Waals surface area contributed by atoms with Gasteiger partial charge in [0.05, 0.1) is 11.4 Å². The minimum Gasteiger partial charge on any atom is -0.310 e. The van der Waals surface area contributed by atoms with E-state index in [2.05, 4.69) is 10.3 Å². The molecule has 2 aromatic rings. The summed E-state index contributed by atoms with van der Waals surface area (Å²) >= 11 is 0. The third-order valence-corrected chi connectivity index (χ3v) is 7.03. The van der Waals surface area contributed by atoms with E-state index in [1.807, 2.05) is 25.1 Å². The fourth-order valence-corrected chi connectivity index (χ4v) is 4.67. The van der Waals surface area contributed by atoms with E-state index in [-0.39, 0.29) is 11.4 Å². The molecule has 0 atom stereocenters. The van der Waals surface area contributed by atoms with Crippen LogP contribution in [0.5, 0.6) is 0 Å². The van der Waals surface area contributed by atoms with Gasteiger partial charge in [-0.05, 0) is 55.0 Å². The molecule has 1 amide bonds. The SMILES string of the molecule is Cc1ccc(NC(=O)CN(C)S(=O)(=O)c2ccc(C3CCCCC3)cc2)nc1. The number of sulfonamides is 1. The van der Waals surface area contributed by atoms with Crippen molar-refractivity contribution in [3.8, 4) is 0 Å². The highest BCUT2D eigenvalue weighted by Gasteiger charge is 2.24. The van der Waals surface area contributed by atoms with Crippen LogP contribution in [0.2, 0.25) is 0 Å². The second kappa shape index (κ2) is 8.84. The Bertz CT molecular complexity index is 903. The van der Waals surface area contributed by atoms with E-state index in [9.17, 15) is 13.2 Å². The average Bonchev–Trinajstić information content (AvgIpc) is 2.70. The van der Waals surface area contributed by atoms with Crippen molar-refractivity contribution in [1.82, 2.24) is 9.29 Å². The molecule has 1 N–H and O–H groups in total. The Morgan fingerprint density at radius 1 is 1.11 bits per heavy atom. The maximum absolute atomic E-state index is 12.8. The van der Waals surface area contributed by atoms with Crippen LogP contribution in [-0.2, 0) is 14.8 Å². The molecule has 1 aromatic heterocycles. The first-order valence-corrected chi connectivity index (χ1v) is 11.1. The Balaban J connectivity index is 1.63. The van der Waals surface area contributed by atoms with Gasteiger partial charge in [-0.15, -0.1) is 0 Å². The maximum Gasteiger partial charge on any atom is 0.243 e. The van der Waals surface area contributed by atoms with Crippen LogP contribution in [0.4, 0.5) is 5.82 Å². The van der Waals surface area contributed by atoms with E-state index in [1.54, 1.807) is 24.4 Å². The van der Waals surface area contributed by atoms with Crippen LogP contribution in [0.3, 0.4) is 0 Å². The molecule has 150 valence electrons. The lowest BCUT2D eigenvalue weighted by Gasteiger charge is -2.22. The van der Waals surface area contributed by atoms with Crippen molar-refractivity contribution in [2.45, 2.75) is 49.8 Å². The standard InChI is InChI=1S/C21H27N3O3S/c1-16-8-13-20(22-14-16)23-21(25)15-24(2)28(26,27)19-11-9-18(10-12-19)17-6-4-3-5-7-17/h8-14,17H,3-7,15H2,1-2H3,(H,22,23,25). The summed E-state index contributed by atoms with van der Waals surface area (Å²) in [6, 6.07) is 10.6. The molecule has 0 aliphatic heterocycles. The van der Waals surface area contributed by atoms with E-state index in [0.29, 0.717) is 11.7 Å². The van der Waals surface area contributed by atoms with E-state index < -0.39 is 15.9 Å². The molecule has 3 rings (SSSR count). The first-order chi connectivity index (χ1) is 13.4. The number of carbonyl (C=O) groups is 1. The molecule has 7 heteroatoms. The summed E-state index contributed by atoms with van der Waals surface area (Å²) in [5, 5.41) is 2.62. The fraction of sp³-hybridized carbons (Fsp3) is 0.429. The van der Waals surface area contributed by atoms with Gasteiger partial charge < -0.3 is 5.32 Å². The van der Waals surface area contributed by atoms with Crippen LogP contribution in [0, 0.1) is 6.92 Å². The first kappa shape index (κ1) is 20.5. The number of hydrogen-bond donors (Lipinski definition) is 1. The Morgan fingerprint density at radius 2 is 1.79 bits per heavy atom. The number of anilines is 1. The van der Waals surface area contributed by atoms with Crippen molar-refractivity contribution in [2.24, 2.45) is 0 Å². The van der Waals surface area contributed by atoms with Crippen molar-refractivity contribution in [3.05, 3.63) is 53.7 Å². The normalized spacial score (nSPS) is 15.5. The summed E-state index contributed by atoms with van der Waals surface area (Å²) in [4.78, 5) is 16.5. The lowest BCUT2D eigenvalue weighted by Crippen LogP contribution is -2.35. The largest absolute Gasteiger partial charge is 0.310 e. The number of carbonyl (C=O) groups excluding carboxylic acids is 1. The van der Waals surface area contributed by atoms with Gasteiger partial charge in [0.2, 0.25) is 15.9 Å². The number of rotatable bonds is 6. The van der Waals surface area contributed by atoms with Gasteiger partial charge in [-0.25, -0.2) is 13.4 Å². The molecular weight excluding hydrogens is 374 g/mol. The number of nitrogens with one attached hydrogen (secondary N) is 1. The van der Waals surface area contributed by atoms with Crippen LogP contribution in [0.1, 0.15) is 49.1 Å². The van der Waals surface area contributed by atoms with Crippen molar-refractivity contribution in [2.75, 3.05) is 18.9 Å². The topological polar surface area (TPSA) is 79.4 Å². The molecule has 1 heterocycles. The highest BCUT2D eigenvalue weighted by Crippen LogP contribution is 2.33. The van der Waals surface area contributed by atoms with E-state index in [4.69, 9.17) is 0 Å². The van der Waals surface area contributed by atoms with E-state index in [0.717, 1.165) is 9.87 Å². The number of nitrogens with zero attached hydrogens (tertiary/aromatic N) is 2. The molecule has 0 saturated heterocycles. The van der Waals surface area contributed by atoms with E-state index in [1.165, 1.54) is 44.7 Å². The van der Waals surface area contributed by atoms with Gasteiger partial charge in [-0.2, -0.15) is 4.31 Å².